The summed E-state index contributed by atoms with van der Waals surface area (Å²) in [5.74, 6) is 0.677. The number of carbonyl (C=O) groups is 1. The number of fused-ring (bicyclic) bond motifs is 1. The first-order valence-corrected chi connectivity index (χ1v) is 11.9. The Labute approximate surface area is 204 Å². The van der Waals surface area contributed by atoms with Gasteiger partial charge in [-0.1, -0.05) is 29.3 Å². The second kappa shape index (κ2) is 11.1. The van der Waals surface area contributed by atoms with Gasteiger partial charge in [-0.25, -0.2) is 4.98 Å². The van der Waals surface area contributed by atoms with E-state index in [4.69, 9.17) is 32.7 Å². The Bertz CT molecular complexity index is 1120. The molecule has 2 heterocycles. The van der Waals surface area contributed by atoms with Crippen LogP contribution in [0.15, 0.2) is 48.5 Å². The Morgan fingerprint density at radius 2 is 1.82 bits per heavy atom. The number of hydrogen-bond acceptors (Lipinski definition) is 6. The second-order valence-corrected chi connectivity index (χ2v) is 8.84. The van der Waals surface area contributed by atoms with Gasteiger partial charge in [0.1, 0.15) is 5.75 Å². The Hall–Kier alpha value is -2.54. The van der Waals surface area contributed by atoms with Gasteiger partial charge in [0.2, 0.25) is 5.88 Å². The van der Waals surface area contributed by atoms with Crippen molar-refractivity contribution in [3.63, 3.8) is 0 Å². The molecule has 0 radical (unpaired) electrons. The van der Waals surface area contributed by atoms with E-state index in [1.54, 1.807) is 6.07 Å². The van der Waals surface area contributed by atoms with Crippen LogP contribution in [0.4, 0.5) is 5.69 Å². The molecule has 1 aliphatic rings. The number of anilines is 1. The highest BCUT2D eigenvalue weighted by Crippen LogP contribution is 2.32. The number of aromatic nitrogens is 1. The fourth-order valence-corrected chi connectivity index (χ4v) is 4.36. The highest BCUT2D eigenvalue weighted by Gasteiger charge is 2.19. The van der Waals surface area contributed by atoms with Crippen molar-refractivity contribution in [1.29, 1.82) is 0 Å². The lowest BCUT2D eigenvalue weighted by molar-refractivity contribution is -0.132. The number of nitrogens with zero attached hydrogens (tertiary/aromatic N) is 3. The van der Waals surface area contributed by atoms with E-state index in [9.17, 15) is 4.79 Å². The lowest BCUT2D eigenvalue weighted by atomic mass is 10.2. The van der Waals surface area contributed by atoms with Crippen LogP contribution in [0.25, 0.3) is 10.9 Å². The minimum atomic E-state index is -0.385. The Morgan fingerprint density at radius 3 is 2.61 bits per heavy atom. The fraction of sp³-hybridized carbons (Fsp3) is 0.360. The molecule has 1 fully saturated rings. The molecule has 1 saturated heterocycles. The maximum Gasteiger partial charge on any atom is 0.309 e. The van der Waals surface area contributed by atoms with E-state index in [-0.39, 0.29) is 5.97 Å². The summed E-state index contributed by atoms with van der Waals surface area (Å²) in [6, 6.07) is 15.1. The Morgan fingerprint density at radius 1 is 1.03 bits per heavy atom. The third-order valence-electron chi connectivity index (χ3n) is 5.67. The molecule has 4 rings (SSSR count). The minimum absolute atomic E-state index is 0.296. The molecule has 8 heteroatoms. The molecule has 6 nitrogen and oxygen atoms in total. The van der Waals surface area contributed by atoms with E-state index >= 15 is 0 Å². The van der Waals surface area contributed by atoms with Crippen LogP contribution >= 0.6 is 23.2 Å². The smallest absolute Gasteiger partial charge is 0.309 e. The molecule has 33 heavy (non-hydrogen) atoms. The van der Waals surface area contributed by atoms with Crippen LogP contribution in [0.5, 0.6) is 11.6 Å². The maximum absolute atomic E-state index is 11.1. The van der Waals surface area contributed by atoms with Gasteiger partial charge in [-0.15, -0.1) is 0 Å². The molecule has 0 aliphatic carbocycles. The third-order valence-corrected chi connectivity index (χ3v) is 6.48. The van der Waals surface area contributed by atoms with Crippen molar-refractivity contribution in [3.8, 4) is 11.6 Å². The monoisotopic (exact) mass is 487 g/mol. The number of ether oxygens (including phenoxy) is 2. The van der Waals surface area contributed by atoms with Crippen LogP contribution in [0.1, 0.15) is 19.8 Å². The van der Waals surface area contributed by atoms with E-state index in [1.807, 2.05) is 42.5 Å². The van der Waals surface area contributed by atoms with Gasteiger partial charge in [-0.05, 0) is 49.7 Å². The summed E-state index contributed by atoms with van der Waals surface area (Å²) in [6.45, 7) is 6.94. The van der Waals surface area contributed by atoms with Gasteiger partial charge in [-0.3, -0.25) is 9.69 Å². The van der Waals surface area contributed by atoms with Crippen molar-refractivity contribution in [2.24, 2.45) is 0 Å². The summed E-state index contributed by atoms with van der Waals surface area (Å²) in [7, 11) is 0. The Kier molecular flexibility index (Phi) is 7.91. The Balaban J connectivity index is 1.19. The highest BCUT2D eigenvalue weighted by molar-refractivity contribution is 6.43. The minimum Gasteiger partial charge on any atom is -0.494 e. The number of carbonyl (C=O) groups excluding carboxylic acids is 1. The van der Waals surface area contributed by atoms with Crippen molar-refractivity contribution in [2.75, 3.05) is 44.2 Å². The molecule has 0 amide bonds. The first-order valence-electron chi connectivity index (χ1n) is 11.1. The standard InChI is InChI=1S/C25H27Cl2N3O3/c1-18(31)33-24-10-8-19-7-9-20(17-22(19)28-24)32-16-3-2-11-29-12-14-30(15-13-29)23-6-4-5-21(26)25(23)27/h4-10,17H,2-3,11-16H2,1H3. The van der Waals surface area contributed by atoms with Crippen molar-refractivity contribution in [3.05, 3.63) is 58.6 Å². The molecule has 1 aromatic heterocycles. The number of esters is 1. The van der Waals surface area contributed by atoms with Crippen molar-refractivity contribution < 1.29 is 14.3 Å². The molecule has 0 bridgehead atoms. The van der Waals surface area contributed by atoms with E-state index in [0.717, 1.165) is 67.9 Å². The van der Waals surface area contributed by atoms with Gasteiger partial charge >= 0.3 is 5.97 Å². The topological polar surface area (TPSA) is 54.9 Å². The molecular formula is C25H27Cl2N3O3. The maximum atomic E-state index is 11.1. The van der Waals surface area contributed by atoms with Crippen LogP contribution in [0, 0.1) is 0 Å². The molecule has 0 spiro atoms. The predicted molar refractivity (Wildman–Crippen MR) is 133 cm³/mol. The highest BCUT2D eigenvalue weighted by atomic mass is 35.5. The van der Waals surface area contributed by atoms with Crippen LogP contribution in [0.2, 0.25) is 10.0 Å². The molecule has 0 N–H and O–H groups in total. The number of hydrogen-bond donors (Lipinski definition) is 0. The largest absolute Gasteiger partial charge is 0.494 e. The van der Waals surface area contributed by atoms with E-state index < -0.39 is 0 Å². The zero-order chi connectivity index (χ0) is 23.2. The van der Waals surface area contributed by atoms with Gasteiger partial charge in [0, 0.05) is 50.6 Å². The van der Waals surface area contributed by atoms with E-state index in [1.165, 1.54) is 6.92 Å². The first-order chi connectivity index (χ1) is 16.0. The van der Waals surface area contributed by atoms with Gasteiger partial charge < -0.3 is 14.4 Å². The van der Waals surface area contributed by atoms with Crippen LogP contribution in [0.3, 0.4) is 0 Å². The molecular weight excluding hydrogens is 461 g/mol. The van der Waals surface area contributed by atoms with Crippen molar-refractivity contribution >= 4 is 45.8 Å². The summed E-state index contributed by atoms with van der Waals surface area (Å²) in [6.07, 6.45) is 2.04. The van der Waals surface area contributed by atoms with Gasteiger partial charge in [0.25, 0.3) is 0 Å². The van der Waals surface area contributed by atoms with Crippen LogP contribution in [-0.4, -0.2) is 55.2 Å². The quantitative estimate of drug-likeness (QED) is 0.311. The number of pyridine rings is 1. The summed E-state index contributed by atoms with van der Waals surface area (Å²) >= 11 is 12.5. The lowest BCUT2D eigenvalue weighted by Gasteiger charge is -2.36. The molecule has 2 aromatic carbocycles. The summed E-state index contributed by atoms with van der Waals surface area (Å²) in [4.78, 5) is 20.3. The second-order valence-electron chi connectivity index (χ2n) is 8.05. The van der Waals surface area contributed by atoms with Crippen LogP contribution in [-0.2, 0) is 4.79 Å². The zero-order valence-electron chi connectivity index (χ0n) is 18.6. The molecule has 1 aliphatic heterocycles. The average molecular weight is 488 g/mol. The first kappa shape index (κ1) is 23.6. The average Bonchev–Trinajstić information content (AvgIpc) is 2.80. The summed E-state index contributed by atoms with van der Waals surface area (Å²) in [5.41, 5.74) is 1.76. The van der Waals surface area contributed by atoms with Crippen molar-refractivity contribution in [1.82, 2.24) is 9.88 Å². The molecule has 174 valence electrons. The molecule has 0 atom stereocenters. The third kappa shape index (κ3) is 6.28. The number of unbranched alkanes of at least 4 members (excludes halogenated alkanes) is 1. The zero-order valence-corrected chi connectivity index (χ0v) is 20.1. The van der Waals surface area contributed by atoms with Gasteiger partial charge in [0.15, 0.2) is 0 Å². The van der Waals surface area contributed by atoms with E-state index in [0.29, 0.717) is 22.5 Å². The number of halogens is 2. The van der Waals surface area contributed by atoms with Gasteiger partial charge in [0.05, 0.1) is 27.9 Å². The van der Waals surface area contributed by atoms with Crippen molar-refractivity contribution in [2.45, 2.75) is 19.8 Å². The van der Waals surface area contributed by atoms with E-state index in [2.05, 4.69) is 14.8 Å². The summed E-state index contributed by atoms with van der Waals surface area (Å²) in [5, 5.41) is 2.20. The normalized spacial score (nSPS) is 14.5. The SMILES string of the molecule is CC(=O)Oc1ccc2ccc(OCCCCN3CCN(c4cccc(Cl)c4Cl)CC3)cc2n1. The number of benzene rings is 2. The van der Waals surface area contributed by atoms with Gasteiger partial charge in [-0.2, -0.15) is 0 Å². The molecule has 0 saturated carbocycles. The number of rotatable bonds is 8. The van der Waals surface area contributed by atoms with Crippen LogP contribution < -0.4 is 14.4 Å². The fourth-order valence-electron chi connectivity index (χ4n) is 3.95. The molecule has 0 unspecified atom stereocenters. The lowest BCUT2D eigenvalue weighted by Crippen LogP contribution is -2.46. The predicted octanol–water partition coefficient (Wildman–Crippen LogP) is 5.45. The number of piperazine rings is 1. The summed E-state index contributed by atoms with van der Waals surface area (Å²) < 4.78 is 11.0. The molecule has 3 aromatic rings.